The lowest BCUT2D eigenvalue weighted by Crippen LogP contribution is -2.28. The Labute approximate surface area is 133 Å². The summed E-state index contributed by atoms with van der Waals surface area (Å²) < 4.78 is 33.8. The Hall–Kier alpha value is -2.63. The van der Waals surface area contributed by atoms with E-state index in [1.165, 1.54) is 24.3 Å². The molecule has 0 spiro atoms. The first-order valence-electron chi connectivity index (χ1n) is 7.07. The van der Waals surface area contributed by atoms with Gasteiger partial charge in [0.1, 0.15) is 18.1 Å². The summed E-state index contributed by atoms with van der Waals surface area (Å²) in [6.45, 7) is -0.242. The van der Waals surface area contributed by atoms with Crippen LogP contribution in [0.3, 0.4) is 0 Å². The molecule has 0 aromatic heterocycles. The molecule has 0 saturated heterocycles. The molecular formula is C17H17F2NO3. The topological polar surface area (TPSA) is 47.6 Å². The third-order valence-electron chi connectivity index (χ3n) is 2.99. The monoisotopic (exact) mass is 321 g/mol. The Balaban J connectivity index is 1.76. The van der Waals surface area contributed by atoms with Crippen LogP contribution in [0, 0.1) is 6.92 Å². The third kappa shape index (κ3) is 5.58. The number of hydrogen-bond acceptors (Lipinski definition) is 3. The van der Waals surface area contributed by atoms with Crippen LogP contribution in [0.15, 0.2) is 48.5 Å². The lowest BCUT2D eigenvalue weighted by molar-refractivity contribution is -0.0498. The van der Waals surface area contributed by atoms with Crippen LogP contribution in [0.25, 0.3) is 0 Å². The van der Waals surface area contributed by atoms with Gasteiger partial charge in [0.05, 0.1) is 6.54 Å². The van der Waals surface area contributed by atoms with Gasteiger partial charge in [-0.2, -0.15) is 8.78 Å². The Morgan fingerprint density at radius 3 is 2.52 bits per heavy atom. The van der Waals surface area contributed by atoms with Gasteiger partial charge in [0.15, 0.2) is 0 Å². The normalized spacial score (nSPS) is 10.4. The summed E-state index contributed by atoms with van der Waals surface area (Å²) in [6.07, 6.45) is 0. The highest BCUT2D eigenvalue weighted by Crippen LogP contribution is 2.15. The van der Waals surface area contributed by atoms with Crippen molar-refractivity contribution in [3.8, 4) is 11.5 Å². The van der Waals surface area contributed by atoms with Crippen LogP contribution in [0.2, 0.25) is 0 Å². The summed E-state index contributed by atoms with van der Waals surface area (Å²) in [7, 11) is 0. The Kier molecular flexibility index (Phi) is 5.91. The minimum atomic E-state index is -2.88. The SMILES string of the molecule is Cc1cccc(OCCNC(=O)c2ccc(OC(F)F)cc2)c1. The van der Waals surface area contributed by atoms with E-state index in [1.807, 2.05) is 31.2 Å². The first-order chi connectivity index (χ1) is 11.0. The molecule has 4 nitrogen and oxygen atoms in total. The molecule has 122 valence electrons. The lowest BCUT2D eigenvalue weighted by atomic mass is 10.2. The van der Waals surface area contributed by atoms with Crippen LogP contribution in [0.5, 0.6) is 11.5 Å². The number of nitrogens with one attached hydrogen (secondary N) is 1. The first kappa shape index (κ1) is 16.7. The number of carbonyl (C=O) groups is 1. The van der Waals surface area contributed by atoms with Crippen molar-refractivity contribution in [2.75, 3.05) is 13.2 Å². The summed E-state index contributed by atoms with van der Waals surface area (Å²) >= 11 is 0. The number of benzene rings is 2. The molecule has 2 aromatic rings. The van der Waals surface area contributed by atoms with E-state index in [0.29, 0.717) is 18.7 Å². The van der Waals surface area contributed by atoms with E-state index in [0.717, 1.165) is 11.3 Å². The van der Waals surface area contributed by atoms with E-state index in [1.54, 1.807) is 0 Å². The number of alkyl halides is 2. The summed E-state index contributed by atoms with van der Waals surface area (Å²) in [6, 6.07) is 13.1. The number of ether oxygens (including phenoxy) is 2. The predicted octanol–water partition coefficient (Wildman–Crippen LogP) is 3.41. The number of amides is 1. The van der Waals surface area contributed by atoms with Crippen molar-refractivity contribution in [2.45, 2.75) is 13.5 Å². The maximum atomic E-state index is 12.0. The summed E-state index contributed by atoms with van der Waals surface area (Å²) in [5.74, 6) is 0.452. The molecule has 0 unspecified atom stereocenters. The molecule has 0 saturated carbocycles. The van der Waals surface area contributed by atoms with Crippen molar-refractivity contribution in [1.82, 2.24) is 5.32 Å². The smallest absolute Gasteiger partial charge is 0.387 e. The fourth-order valence-electron chi connectivity index (χ4n) is 1.93. The van der Waals surface area contributed by atoms with Crippen LogP contribution in [-0.2, 0) is 0 Å². The van der Waals surface area contributed by atoms with Gasteiger partial charge in [0.25, 0.3) is 5.91 Å². The number of hydrogen-bond donors (Lipinski definition) is 1. The fraction of sp³-hybridized carbons (Fsp3) is 0.235. The van der Waals surface area contributed by atoms with Crippen LogP contribution >= 0.6 is 0 Å². The average Bonchev–Trinajstić information content (AvgIpc) is 2.51. The molecule has 1 amide bonds. The summed E-state index contributed by atoms with van der Waals surface area (Å²) in [5, 5.41) is 2.69. The zero-order valence-electron chi connectivity index (χ0n) is 12.6. The van der Waals surface area contributed by atoms with E-state index in [-0.39, 0.29) is 11.7 Å². The molecule has 2 rings (SSSR count). The van der Waals surface area contributed by atoms with Gasteiger partial charge >= 0.3 is 6.61 Å². The number of carbonyl (C=O) groups excluding carboxylic acids is 1. The van der Waals surface area contributed by atoms with Crippen molar-refractivity contribution in [3.05, 3.63) is 59.7 Å². The van der Waals surface area contributed by atoms with Crippen molar-refractivity contribution in [2.24, 2.45) is 0 Å². The van der Waals surface area contributed by atoms with Crippen molar-refractivity contribution < 1.29 is 23.0 Å². The molecule has 0 radical (unpaired) electrons. The molecule has 0 bridgehead atoms. The molecule has 23 heavy (non-hydrogen) atoms. The molecule has 1 N–H and O–H groups in total. The van der Waals surface area contributed by atoms with Crippen LogP contribution in [-0.4, -0.2) is 25.7 Å². The Bertz CT molecular complexity index is 645. The second-order valence-electron chi connectivity index (χ2n) is 4.82. The van der Waals surface area contributed by atoms with Gasteiger partial charge in [0, 0.05) is 5.56 Å². The van der Waals surface area contributed by atoms with E-state index in [2.05, 4.69) is 10.1 Å². The Morgan fingerprint density at radius 2 is 1.87 bits per heavy atom. The molecule has 0 atom stereocenters. The Morgan fingerprint density at radius 1 is 1.13 bits per heavy atom. The standard InChI is InChI=1S/C17H17F2NO3/c1-12-3-2-4-15(11-12)22-10-9-20-16(21)13-5-7-14(8-6-13)23-17(18)19/h2-8,11,17H,9-10H2,1H3,(H,20,21). The van der Waals surface area contributed by atoms with Crippen molar-refractivity contribution in [1.29, 1.82) is 0 Å². The molecule has 0 fully saturated rings. The van der Waals surface area contributed by atoms with Gasteiger partial charge in [-0.25, -0.2) is 0 Å². The summed E-state index contributed by atoms with van der Waals surface area (Å²) in [5.41, 5.74) is 1.46. The van der Waals surface area contributed by atoms with E-state index < -0.39 is 6.61 Å². The number of aryl methyl sites for hydroxylation is 1. The quantitative estimate of drug-likeness (QED) is 0.795. The highest BCUT2D eigenvalue weighted by Gasteiger charge is 2.07. The lowest BCUT2D eigenvalue weighted by Gasteiger charge is -2.09. The minimum Gasteiger partial charge on any atom is -0.492 e. The van der Waals surface area contributed by atoms with Crippen molar-refractivity contribution in [3.63, 3.8) is 0 Å². The molecule has 0 heterocycles. The predicted molar refractivity (Wildman–Crippen MR) is 82.1 cm³/mol. The van der Waals surface area contributed by atoms with Crippen LogP contribution < -0.4 is 14.8 Å². The number of halogens is 2. The maximum absolute atomic E-state index is 12.0. The van der Waals surface area contributed by atoms with Crippen LogP contribution in [0.1, 0.15) is 15.9 Å². The van der Waals surface area contributed by atoms with Gasteiger partial charge in [0.2, 0.25) is 0 Å². The molecule has 0 aliphatic rings. The molecule has 2 aromatic carbocycles. The van der Waals surface area contributed by atoms with Gasteiger partial charge in [-0.1, -0.05) is 12.1 Å². The van der Waals surface area contributed by atoms with E-state index in [9.17, 15) is 13.6 Å². The second-order valence-corrected chi connectivity index (χ2v) is 4.82. The molecule has 0 aliphatic carbocycles. The molecule has 0 aliphatic heterocycles. The highest BCUT2D eigenvalue weighted by atomic mass is 19.3. The van der Waals surface area contributed by atoms with Crippen molar-refractivity contribution >= 4 is 5.91 Å². The van der Waals surface area contributed by atoms with E-state index in [4.69, 9.17) is 4.74 Å². The minimum absolute atomic E-state index is 0.0133. The van der Waals surface area contributed by atoms with Gasteiger partial charge in [-0.15, -0.1) is 0 Å². The molecular weight excluding hydrogens is 304 g/mol. The first-order valence-corrected chi connectivity index (χ1v) is 7.07. The zero-order valence-corrected chi connectivity index (χ0v) is 12.6. The molecule has 6 heteroatoms. The van der Waals surface area contributed by atoms with Gasteiger partial charge in [-0.05, 0) is 48.9 Å². The van der Waals surface area contributed by atoms with Gasteiger partial charge in [-0.3, -0.25) is 4.79 Å². The highest BCUT2D eigenvalue weighted by molar-refractivity contribution is 5.94. The maximum Gasteiger partial charge on any atom is 0.387 e. The average molecular weight is 321 g/mol. The van der Waals surface area contributed by atoms with Crippen LogP contribution in [0.4, 0.5) is 8.78 Å². The van der Waals surface area contributed by atoms with Gasteiger partial charge < -0.3 is 14.8 Å². The second kappa shape index (κ2) is 8.12. The number of rotatable bonds is 7. The fourth-order valence-corrected chi connectivity index (χ4v) is 1.93. The summed E-state index contributed by atoms with van der Waals surface area (Å²) in [4.78, 5) is 11.9. The largest absolute Gasteiger partial charge is 0.492 e. The zero-order chi connectivity index (χ0) is 16.7. The third-order valence-corrected chi connectivity index (χ3v) is 2.99. The van der Waals surface area contributed by atoms with E-state index >= 15 is 0 Å².